The maximum atomic E-state index is 12.1. The van der Waals surface area contributed by atoms with Crippen molar-refractivity contribution in [3.05, 3.63) is 29.8 Å². The lowest BCUT2D eigenvalue weighted by Crippen LogP contribution is -2.38. The molecule has 5 nitrogen and oxygen atoms in total. The van der Waals surface area contributed by atoms with Gasteiger partial charge in [-0.05, 0) is 25.0 Å². The predicted octanol–water partition coefficient (Wildman–Crippen LogP) is 2.42. The van der Waals surface area contributed by atoms with Crippen molar-refractivity contribution in [1.29, 1.82) is 0 Å². The Labute approximate surface area is 139 Å². The summed E-state index contributed by atoms with van der Waals surface area (Å²) in [5.74, 6) is -0.465. The highest BCUT2D eigenvalue weighted by atomic mass is 32.2. The second-order valence-corrected chi connectivity index (χ2v) is 7.32. The number of nitrogens with one attached hydrogen (secondary N) is 1. The lowest BCUT2D eigenvalue weighted by Gasteiger charge is -2.22. The molecule has 0 heterocycles. The average molecular weight is 337 g/mol. The normalized spacial score (nSPS) is 16.6. The number of benzene rings is 1. The first-order valence-corrected chi connectivity index (χ1v) is 9.37. The Morgan fingerprint density at radius 1 is 1.22 bits per heavy atom. The maximum absolute atomic E-state index is 12.1. The first-order chi connectivity index (χ1) is 11.1. The average Bonchev–Trinajstić information content (AvgIpc) is 2.60. The number of carbonyl (C=O) groups is 2. The Morgan fingerprint density at radius 3 is 2.61 bits per heavy atom. The van der Waals surface area contributed by atoms with Gasteiger partial charge in [-0.25, -0.2) is 4.79 Å². The molecule has 1 saturated carbocycles. The van der Waals surface area contributed by atoms with Crippen LogP contribution in [-0.4, -0.2) is 34.5 Å². The van der Waals surface area contributed by atoms with Crippen LogP contribution in [0.3, 0.4) is 0 Å². The molecule has 1 aliphatic carbocycles. The molecule has 1 amide bonds. The van der Waals surface area contributed by atoms with Crippen LogP contribution in [0.25, 0.3) is 0 Å². The largest absolute Gasteiger partial charge is 0.452 e. The van der Waals surface area contributed by atoms with Crippen LogP contribution in [0.15, 0.2) is 29.2 Å². The lowest BCUT2D eigenvalue weighted by atomic mass is 9.95. The summed E-state index contributed by atoms with van der Waals surface area (Å²) in [5.41, 5.74) is 0.262. The SMILES string of the molecule is CC[S@](=O)c1ccccc1C(=O)OCC(=O)NC1CCCCC1. The summed E-state index contributed by atoms with van der Waals surface area (Å²) >= 11 is 0. The van der Waals surface area contributed by atoms with Crippen molar-refractivity contribution in [2.24, 2.45) is 0 Å². The van der Waals surface area contributed by atoms with E-state index < -0.39 is 16.8 Å². The van der Waals surface area contributed by atoms with Gasteiger partial charge >= 0.3 is 5.97 Å². The van der Waals surface area contributed by atoms with Crippen molar-refractivity contribution in [3.63, 3.8) is 0 Å². The van der Waals surface area contributed by atoms with Crippen LogP contribution in [0.1, 0.15) is 49.4 Å². The molecule has 6 heteroatoms. The van der Waals surface area contributed by atoms with Crippen LogP contribution in [0.4, 0.5) is 0 Å². The van der Waals surface area contributed by atoms with E-state index in [2.05, 4.69) is 5.32 Å². The summed E-state index contributed by atoms with van der Waals surface area (Å²) in [5, 5.41) is 2.90. The van der Waals surface area contributed by atoms with E-state index >= 15 is 0 Å². The van der Waals surface area contributed by atoms with Crippen LogP contribution in [0, 0.1) is 0 Å². The first-order valence-electron chi connectivity index (χ1n) is 8.05. The predicted molar refractivity (Wildman–Crippen MR) is 88.7 cm³/mol. The molecule has 23 heavy (non-hydrogen) atoms. The molecule has 2 rings (SSSR count). The third kappa shape index (κ3) is 5.16. The minimum Gasteiger partial charge on any atom is -0.452 e. The fourth-order valence-corrected chi connectivity index (χ4v) is 3.65. The molecule has 1 atom stereocenters. The van der Waals surface area contributed by atoms with E-state index in [1.807, 2.05) is 0 Å². The third-order valence-electron chi connectivity index (χ3n) is 3.92. The molecular formula is C17H23NO4S. The zero-order chi connectivity index (χ0) is 16.7. The van der Waals surface area contributed by atoms with Gasteiger partial charge in [-0.3, -0.25) is 9.00 Å². The van der Waals surface area contributed by atoms with E-state index in [-0.39, 0.29) is 24.1 Å². The molecule has 0 aromatic heterocycles. The quantitative estimate of drug-likeness (QED) is 0.809. The van der Waals surface area contributed by atoms with Gasteiger partial charge in [-0.2, -0.15) is 0 Å². The molecule has 0 aliphatic heterocycles. The molecule has 1 fully saturated rings. The highest BCUT2D eigenvalue weighted by Gasteiger charge is 2.19. The van der Waals surface area contributed by atoms with Crippen LogP contribution in [-0.2, 0) is 20.3 Å². The van der Waals surface area contributed by atoms with E-state index in [0.717, 1.165) is 25.7 Å². The van der Waals surface area contributed by atoms with Crippen molar-refractivity contribution < 1.29 is 18.5 Å². The highest BCUT2D eigenvalue weighted by Crippen LogP contribution is 2.17. The fourth-order valence-electron chi connectivity index (χ4n) is 2.71. The van der Waals surface area contributed by atoms with Gasteiger partial charge in [0, 0.05) is 11.8 Å². The summed E-state index contributed by atoms with van der Waals surface area (Å²) in [4.78, 5) is 24.5. The van der Waals surface area contributed by atoms with Gasteiger partial charge in [0.25, 0.3) is 5.91 Å². The summed E-state index contributed by atoms with van der Waals surface area (Å²) in [6.07, 6.45) is 5.44. The zero-order valence-corrected chi connectivity index (χ0v) is 14.2. The Morgan fingerprint density at radius 2 is 1.91 bits per heavy atom. The number of ether oxygens (including phenoxy) is 1. The Balaban J connectivity index is 1.89. The molecule has 1 aliphatic rings. The monoisotopic (exact) mass is 337 g/mol. The molecule has 126 valence electrons. The molecule has 0 spiro atoms. The van der Waals surface area contributed by atoms with Crippen molar-refractivity contribution in [3.8, 4) is 0 Å². The van der Waals surface area contributed by atoms with E-state index in [9.17, 15) is 13.8 Å². The van der Waals surface area contributed by atoms with Crippen molar-refractivity contribution in [1.82, 2.24) is 5.32 Å². The fraction of sp³-hybridized carbons (Fsp3) is 0.529. The number of rotatable bonds is 6. The van der Waals surface area contributed by atoms with E-state index in [1.54, 1.807) is 31.2 Å². The van der Waals surface area contributed by atoms with Gasteiger partial charge in [-0.15, -0.1) is 0 Å². The number of esters is 1. The van der Waals surface area contributed by atoms with Crippen LogP contribution < -0.4 is 5.32 Å². The molecule has 0 radical (unpaired) electrons. The summed E-state index contributed by atoms with van der Waals surface area (Å²) < 4.78 is 17.0. The van der Waals surface area contributed by atoms with Gasteiger partial charge in [0.05, 0.1) is 21.3 Å². The smallest absolute Gasteiger partial charge is 0.339 e. The van der Waals surface area contributed by atoms with Gasteiger partial charge in [0.2, 0.25) is 0 Å². The Hall–Kier alpha value is -1.69. The van der Waals surface area contributed by atoms with Gasteiger partial charge in [0.1, 0.15) is 0 Å². The molecule has 0 unspecified atom stereocenters. The van der Waals surface area contributed by atoms with Crippen LogP contribution in [0.5, 0.6) is 0 Å². The second-order valence-electron chi connectivity index (χ2n) is 5.61. The summed E-state index contributed by atoms with van der Waals surface area (Å²) in [6, 6.07) is 6.84. The number of amides is 1. The van der Waals surface area contributed by atoms with E-state index in [4.69, 9.17) is 4.74 Å². The minimum atomic E-state index is -1.24. The Bertz CT molecular complexity index is 582. The minimum absolute atomic E-state index is 0.190. The molecule has 1 aromatic carbocycles. The van der Waals surface area contributed by atoms with Crippen molar-refractivity contribution in [2.75, 3.05) is 12.4 Å². The van der Waals surface area contributed by atoms with Gasteiger partial charge in [-0.1, -0.05) is 38.3 Å². The summed E-state index contributed by atoms with van der Waals surface area (Å²) in [7, 11) is -1.24. The maximum Gasteiger partial charge on any atom is 0.339 e. The highest BCUT2D eigenvalue weighted by molar-refractivity contribution is 7.85. The lowest BCUT2D eigenvalue weighted by molar-refractivity contribution is -0.125. The van der Waals surface area contributed by atoms with Crippen molar-refractivity contribution in [2.45, 2.75) is 50.0 Å². The molecule has 0 bridgehead atoms. The number of hydrogen-bond donors (Lipinski definition) is 1. The van der Waals surface area contributed by atoms with Crippen LogP contribution >= 0.6 is 0 Å². The molecule has 0 saturated heterocycles. The second kappa shape index (κ2) is 8.82. The molecular weight excluding hydrogens is 314 g/mol. The van der Waals surface area contributed by atoms with Crippen molar-refractivity contribution >= 4 is 22.7 Å². The van der Waals surface area contributed by atoms with Gasteiger partial charge < -0.3 is 10.1 Å². The van der Waals surface area contributed by atoms with Gasteiger partial charge in [0.15, 0.2) is 6.61 Å². The number of carbonyl (C=O) groups excluding carboxylic acids is 2. The number of hydrogen-bond acceptors (Lipinski definition) is 4. The van der Waals surface area contributed by atoms with Crippen LogP contribution in [0.2, 0.25) is 0 Å². The zero-order valence-electron chi connectivity index (χ0n) is 13.4. The van der Waals surface area contributed by atoms with E-state index in [0.29, 0.717) is 10.6 Å². The first kappa shape index (κ1) is 17.7. The third-order valence-corrected chi connectivity index (χ3v) is 5.29. The standard InChI is InChI=1S/C17H23NO4S/c1-2-23(21)15-11-7-6-10-14(15)17(20)22-12-16(19)18-13-8-4-3-5-9-13/h6-7,10-11,13H,2-5,8-9,12H2,1H3,(H,18,19)/t23-/m0/s1. The topological polar surface area (TPSA) is 72.5 Å². The molecule has 1 aromatic rings. The van der Waals surface area contributed by atoms with E-state index in [1.165, 1.54) is 6.42 Å². The molecule has 1 N–H and O–H groups in total. The summed E-state index contributed by atoms with van der Waals surface area (Å²) in [6.45, 7) is 1.48. The Kier molecular flexibility index (Phi) is 6.77.